The summed E-state index contributed by atoms with van der Waals surface area (Å²) in [5.74, 6) is 0.765. The fourth-order valence-electron chi connectivity index (χ4n) is 3.96. The number of aliphatic hydroxyl groups is 1. The first-order chi connectivity index (χ1) is 11.7. The van der Waals surface area contributed by atoms with Gasteiger partial charge in [-0.05, 0) is 38.8 Å². The van der Waals surface area contributed by atoms with Gasteiger partial charge in [-0.25, -0.2) is 4.98 Å². The zero-order chi connectivity index (χ0) is 16.9. The Morgan fingerprint density at radius 2 is 1.96 bits per heavy atom. The van der Waals surface area contributed by atoms with Gasteiger partial charge in [-0.1, -0.05) is 12.8 Å². The Morgan fingerprint density at radius 3 is 2.58 bits per heavy atom. The van der Waals surface area contributed by atoms with Crippen molar-refractivity contribution in [3.8, 4) is 0 Å². The molecule has 24 heavy (non-hydrogen) atoms. The predicted molar refractivity (Wildman–Crippen MR) is 96.1 cm³/mol. The van der Waals surface area contributed by atoms with Crippen molar-refractivity contribution in [2.24, 2.45) is 11.8 Å². The van der Waals surface area contributed by atoms with Crippen molar-refractivity contribution >= 4 is 17.2 Å². The molecule has 1 aromatic rings. The Labute approximate surface area is 148 Å². The molecule has 0 bridgehead atoms. The smallest absolute Gasteiger partial charge is 0.228 e. The normalized spacial score (nSPS) is 25.8. The molecular formula is C18H29N3O2S. The van der Waals surface area contributed by atoms with E-state index in [1.165, 1.54) is 38.8 Å². The van der Waals surface area contributed by atoms with Gasteiger partial charge in [0.15, 0.2) is 0 Å². The maximum Gasteiger partial charge on any atom is 0.228 e. The lowest BCUT2D eigenvalue weighted by molar-refractivity contribution is -0.129. The van der Waals surface area contributed by atoms with Gasteiger partial charge in [0.2, 0.25) is 5.91 Å². The average molecular weight is 352 g/mol. The molecule has 3 rings (SSSR count). The number of rotatable bonds is 5. The molecule has 1 amide bonds. The van der Waals surface area contributed by atoms with E-state index < -0.39 is 0 Å². The lowest BCUT2D eigenvalue weighted by atomic mass is 9.96. The van der Waals surface area contributed by atoms with E-state index in [0.29, 0.717) is 18.9 Å². The van der Waals surface area contributed by atoms with Crippen LogP contribution in [0.1, 0.15) is 36.4 Å². The van der Waals surface area contributed by atoms with Gasteiger partial charge in [0.05, 0.1) is 17.1 Å². The summed E-state index contributed by atoms with van der Waals surface area (Å²) in [6.07, 6.45) is 5.62. The van der Waals surface area contributed by atoms with Crippen LogP contribution in [0.2, 0.25) is 0 Å². The second-order valence-corrected chi connectivity index (χ2v) is 8.31. The van der Waals surface area contributed by atoms with E-state index >= 15 is 0 Å². The highest BCUT2D eigenvalue weighted by molar-refractivity contribution is 7.09. The summed E-state index contributed by atoms with van der Waals surface area (Å²) in [4.78, 5) is 21.5. The van der Waals surface area contributed by atoms with E-state index in [2.05, 4.69) is 9.88 Å². The van der Waals surface area contributed by atoms with E-state index in [0.717, 1.165) is 23.8 Å². The van der Waals surface area contributed by atoms with Gasteiger partial charge in [0.1, 0.15) is 0 Å². The molecule has 0 radical (unpaired) electrons. The van der Waals surface area contributed by atoms with Crippen LogP contribution in [0.25, 0.3) is 0 Å². The number of nitrogens with zero attached hydrogens (tertiary/aromatic N) is 3. The summed E-state index contributed by atoms with van der Waals surface area (Å²) < 4.78 is 0. The van der Waals surface area contributed by atoms with E-state index in [1.54, 1.807) is 11.3 Å². The molecule has 2 fully saturated rings. The first-order valence-electron chi connectivity index (χ1n) is 9.17. The minimum absolute atomic E-state index is 0.150. The van der Waals surface area contributed by atoms with Gasteiger partial charge in [-0.2, -0.15) is 0 Å². The second-order valence-electron chi connectivity index (χ2n) is 7.25. The fourth-order valence-corrected chi connectivity index (χ4v) is 4.58. The van der Waals surface area contributed by atoms with E-state index in [1.807, 2.05) is 17.2 Å². The standard InChI is InChI=1S/C18H29N3O2S/c1-14-19-17(13-24-14)8-18(23)21-10-15(16(11-21)12-22)9-20-6-4-2-3-5-7-20/h13,15-16,22H,2-12H2,1H3/t15-,16-/m1/s1. The third-order valence-electron chi connectivity index (χ3n) is 5.35. The minimum atomic E-state index is 0.150. The first-order valence-corrected chi connectivity index (χ1v) is 10.1. The Morgan fingerprint density at radius 1 is 1.25 bits per heavy atom. The first kappa shape index (κ1) is 17.8. The molecule has 1 aromatic heterocycles. The maximum absolute atomic E-state index is 12.6. The SMILES string of the molecule is Cc1nc(CC(=O)N2C[C@@H](CN3CCCCCC3)[C@@H](CO)C2)cs1. The van der Waals surface area contributed by atoms with Crippen molar-refractivity contribution in [2.75, 3.05) is 39.3 Å². The van der Waals surface area contributed by atoms with Crippen molar-refractivity contribution in [2.45, 2.75) is 39.0 Å². The van der Waals surface area contributed by atoms with Crippen molar-refractivity contribution in [1.29, 1.82) is 0 Å². The Hall–Kier alpha value is -0.980. The molecule has 2 aliphatic heterocycles. The lowest BCUT2D eigenvalue weighted by Crippen LogP contribution is -2.35. The lowest BCUT2D eigenvalue weighted by Gasteiger charge is -2.26. The number of aliphatic hydroxyl groups excluding tert-OH is 1. The number of hydrogen-bond acceptors (Lipinski definition) is 5. The van der Waals surface area contributed by atoms with Gasteiger partial charge in [0, 0.05) is 37.5 Å². The van der Waals surface area contributed by atoms with Gasteiger partial charge >= 0.3 is 0 Å². The highest BCUT2D eigenvalue weighted by Gasteiger charge is 2.35. The molecular weight excluding hydrogens is 322 g/mol. The maximum atomic E-state index is 12.6. The molecule has 5 nitrogen and oxygen atoms in total. The van der Waals surface area contributed by atoms with Crippen molar-refractivity contribution in [1.82, 2.24) is 14.8 Å². The number of aromatic nitrogens is 1. The topological polar surface area (TPSA) is 56.7 Å². The largest absolute Gasteiger partial charge is 0.396 e. The summed E-state index contributed by atoms with van der Waals surface area (Å²) in [7, 11) is 0. The van der Waals surface area contributed by atoms with Crippen LogP contribution in [0.15, 0.2) is 5.38 Å². The summed E-state index contributed by atoms with van der Waals surface area (Å²) in [6.45, 7) is 6.97. The molecule has 134 valence electrons. The molecule has 3 heterocycles. The van der Waals surface area contributed by atoms with Crippen LogP contribution in [0, 0.1) is 18.8 Å². The summed E-state index contributed by atoms with van der Waals surface area (Å²) in [5.41, 5.74) is 0.874. The number of carbonyl (C=O) groups excluding carboxylic acids is 1. The average Bonchev–Trinajstić information content (AvgIpc) is 3.06. The van der Waals surface area contributed by atoms with Crippen LogP contribution in [0.3, 0.4) is 0 Å². The molecule has 0 spiro atoms. The van der Waals surface area contributed by atoms with Crippen LogP contribution in [-0.2, 0) is 11.2 Å². The third kappa shape index (κ3) is 4.55. The van der Waals surface area contributed by atoms with Gasteiger partial charge in [-0.3, -0.25) is 4.79 Å². The zero-order valence-corrected chi connectivity index (χ0v) is 15.4. The van der Waals surface area contributed by atoms with Crippen molar-refractivity contribution in [3.63, 3.8) is 0 Å². The number of aryl methyl sites for hydroxylation is 1. The number of hydrogen-bond donors (Lipinski definition) is 1. The highest BCUT2D eigenvalue weighted by atomic mass is 32.1. The summed E-state index contributed by atoms with van der Waals surface area (Å²) in [5, 5.41) is 12.7. The molecule has 1 N–H and O–H groups in total. The van der Waals surface area contributed by atoms with E-state index in [-0.39, 0.29) is 18.4 Å². The van der Waals surface area contributed by atoms with Crippen molar-refractivity contribution < 1.29 is 9.90 Å². The Kier molecular flexibility index (Phi) is 6.25. The van der Waals surface area contributed by atoms with Crippen LogP contribution >= 0.6 is 11.3 Å². The van der Waals surface area contributed by atoms with Crippen LogP contribution in [-0.4, -0.2) is 65.1 Å². The molecule has 0 saturated carbocycles. The van der Waals surface area contributed by atoms with Gasteiger partial charge in [-0.15, -0.1) is 11.3 Å². The minimum Gasteiger partial charge on any atom is -0.396 e. The molecule has 0 unspecified atom stereocenters. The number of thiazole rings is 1. The summed E-state index contributed by atoms with van der Waals surface area (Å²) >= 11 is 1.59. The monoisotopic (exact) mass is 351 g/mol. The molecule has 2 aliphatic rings. The van der Waals surface area contributed by atoms with Crippen LogP contribution in [0.4, 0.5) is 0 Å². The van der Waals surface area contributed by atoms with Gasteiger partial charge in [0.25, 0.3) is 0 Å². The number of carbonyl (C=O) groups is 1. The Bertz CT molecular complexity index is 540. The molecule has 6 heteroatoms. The number of amides is 1. The van der Waals surface area contributed by atoms with E-state index in [4.69, 9.17) is 0 Å². The van der Waals surface area contributed by atoms with Crippen LogP contribution < -0.4 is 0 Å². The van der Waals surface area contributed by atoms with Crippen LogP contribution in [0.5, 0.6) is 0 Å². The van der Waals surface area contributed by atoms with Crippen molar-refractivity contribution in [3.05, 3.63) is 16.1 Å². The molecule has 2 atom stereocenters. The summed E-state index contributed by atoms with van der Waals surface area (Å²) in [6, 6.07) is 0. The number of likely N-dealkylation sites (tertiary alicyclic amines) is 2. The fraction of sp³-hybridized carbons (Fsp3) is 0.778. The van der Waals surface area contributed by atoms with E-state index in [9.17, 15) is 9.90 Å². The van der Waals surface area contributed by atoms with Gasteiger partial charge < -0.3 is 14.9 Å². The predicted octanol–water partition coefficient (Wildman–Crippen LogP) is 1.94. The second kappa shape index (κ2) is 8.41. The Balaban J connectivity index is 1.55. The molecule has 0 aromatic carbocycles. The highest BCUT2D eigenvalue weighted by Crippen LogP contribution is 2.26. The quantitative estimate of drug-likeness (QED) is 0.881. The molecule has 2 saturated heterocycles. The molecule has 0 aliphatic carbocycles. The zero-order valence-electron chi connectivity index (χ0n) is 14.6. The third-order valence-corrected chi connectivity index (χ3v) is 6.18.